The van der Waals surface area contributed by atoms with E-state index in [-0.39, 0.29) is 35.2 Å². The summed E-state index contributed by atoms with van der Waals surface area (Å²) in [6, 6.07) is 11.0. The van der Waals surface area contributed by atoms with Crippen LogP contribution >= 0.6 is 11.6 Å². The van der Waals surface area contributed by atoms with Crippen LogP contribution in [0.3, 0.4) is 0 Å². The Balaban J connectivity index is 2.27. The number of hydrogen-bond donors (Lipinski definition) is 2. The normalized spacial score (nSPS) is 11.2. The number of methoxy groups -OCH3 is 1. The maximum absolute atomic E-state index is 13.1. The molecular formula is C23H30ClN3O5S. The number of benzene rings is 2. The highest BCUT2D eigenvalue weighted by atomic mass is 35.5. The van der Waals surface area contributed by atoms with E-state index in [0.29, 0.717) is 24.5 Å². The second-order valence-electron chi connectivity index (χ2n) is 7.39. The molecule has 180 valence electrons. The monoisotopic (exact) mass is 495 g/mol. The first-order chi connectivity index (χ1) is 15.7. The van der Waals surface area contributed by atoms with Gasteiger partial charge in [0.15, 0.2) is 0 Å². The van der Waals surface area contributed by atoms with Crippen LogP contribution in [0.4, 0.5) is 0 Å². The van der Waals surface area contributed by atoms with Gasteiger partial charge in [-0.25, -0.2) is 13.1 Å². The smallest absolute Gasteiger partial charge is 0.254 e. The summed E-state index contributed by atoms with van der Waals surface area (Å²) in [5.41, 5.74) is 0.876. The molecule has 0 atom stereocenters. The molecule has 2 amide bonds. The predicted octanol–water partition coefficient (Wildman–Crippen LogP) is 3.21. The second-order valence-corrected chi connectivity index (χ2v) is 9.57. The van der Waals surface area contributed by atoms with Gasteiger partial charge in [0.05, 0.1) is 13.7 Å². The average molecular weight is 496 g/mol. The van der Waals surface area contributed by atoms with Gasteiger partial charge in [0.25, 0.3) is 5.91 Å². The first kappa shape index (κ1) is 26.6. The Kier molecular flexibility index (Phi) is 10.1. The van der Waals surface area contributed by atoms with Crippen LogP contribution in [0, 0.1) is 0 Å². The molecule has 0 aliphatic rings. The van der Waals surface area contributed by atoms with Crippen LogP contribution in [-0.2, 0) is 21.4 Å². The summed E-state index contributed by atoms with van der Waals surface area (Å²) in [5, 5.41) is 3.30. The zero-order valence-corrected chi connectivity index (χ0v) is 20.6. The molecule has 0 spiro atoms. The van der Waals surface area contributed by atoms with E-state index in [1.807, 2.05) is 13.8 Å². The molecule has 0 aromatic heterocycles. The summed E-state index contributed by atoms with van der Waals surface area (Å²) >= 11 is 5.87. The maximum atomic E-state index is 13.1. The van der Waals surface area contributed by atoms with Crippen molar-refractivity contribution in [1.82, 2.24) is 14.9 Å². The van der Waals surface area contributed by atoms with Gasteiger partial charge in [-0.1, -0.05) is 37.6 Å². The van der Waals surface area contributed by atoms with Gasteiger partial charge in [-0.3, -0.25) is 9.59 Å². The van der Waals surface area contributed by atoms with Gasteiger partial charge in [0.2, 0.25) is 15.9 Å². The number of sulfonamides is 1. The minimum atomic E-state index is -4.00. The van der Waals surface area contributed by atoms with Crippen molar-refractivity contribution in [3.63, 3.8) is 0 Å². The van der Waals surface area contributed by atoms with Crippen molar-refractivity contribution in [2.45, 2.75) is 38.1 Å². The lowest BCUT2D eigenvalue weighted by Gasteiger charge is -2.22. The standard InChI is InChI=1S/C23H30ClN3O5S/c1-4-12-25-22(28)16-27(13-5-2)23(29)18-8-11-20(32-3)21(14-18)33(30,31)26-15-17-6-9-19(24)10-7-17/h6-11,14,26H,4-5,12-13,15-16H2,1-3H3,(H,25,28). The van der Waals surface area contributed by atoms with Crippen LogP contribution in [0.2, 0.25) is 5.02 Å². The van der Waals surface area contributed by atoms with E-state index < -0.39 is 15.9 Å². The van der Waals surface area contributed by atoms with E-state index in [0.717, 1.165) is 12.0 Å². The molecule has 2 N–H and O–H groups in total. The molecular weight excluding hydrogens is 466 g/mol. The van der Waals surface area contributed by atoms with Gasteiger partial charge in [-0.15, -0.1) is 0 Å². The second kappa shape index (κ2) is 12.6. The molecule has 0 saturated carbocycles. The van der Waals surface area contributed by atoms with E-state index in [9.17, 15) is 18.0 Å². The molecule has 2 rings (SSSR count). The van der Waals surface area contributed by atoms with Crippen molar-refractivity contribution in [2.24, 2.45) is 0 Å². The Morgan fingerprint density at radius 3 is 2.36 bits per heavy atom. The third kappa shape index (κ3) is 7.73. The molecule has 2 aromatic carbocycles. The molecule has 0 radical (unpaired) electrons. The number of ether oxygens (including phenoxy) is 1. The van der Waals surface area contributed by atoms with Crippen molar-refractivity contribution < 1.29 is 22.7 Å². The van der Waals surface area contributed by atoms with E-state index in [2.05, 4.69) is 10.0 Å². The molecule has 0 fully saturated rings. The molecule has 0 heterocycles. The lowest BCUT2D eigenvalue weighted by Crippen LogP contribution is -2.41. The molecule has 0 aliphatic carbocycles. The zero-order valence-electron chi connectivity index (χ0n) is 19.1. The summed E-state index contributed by atoms with van der Waals surface area (Å²) in [4.78, 5) is 26.5. The van der Waals surface area contributed by atoms with Crippen LogP contribution in [0.25, 0.3) is 0 Å². The first-order valence-corrected chi connectivity index (χ1v) is 12.6. The summed E-state index contributed by atoms with van der Waals surface area (Å²) in [5.74, 6) is -0.581. The van der Waals surface area contributed by atoms with E-state index in [4.69, 9.17) is 16.3 Å². The number of carbonyl (C=O) groups is 2. The maximum Gasteiger partial charge on any atom is 0.254 e. The van der Waals surface area contributed by atoms with Gasteiger partial charge in [0, 0.05) is 30.2 Å². The van der Waals surface area contributed by atoms with Gasteiger partial charge < -0.3 is 15.0 Å². The number of amides is 2. The summed E-state index contributed by atoms with van der Waals surface area (Å²) in [7, 11) is -2.64. The van der Waals surface area contributed by atoms with E-state index >= 15 is 0 Å². The van der Waals surface area contributed by atoms with Gasteiger partial charge in [-0.05, 0) is 48.7 Å². The quantitative estimate of drug-likeness (QED) is 0.470. The van der Waals surface area contributed by atoms with E-state index in [1.165, 1.54) is 30.2 Å². The Morgan fingerprint density at radius 1 is 1.06 bits per heavy atom. The molecule has 2 aromatic rings. The van der Waals surface area contributed by atoms with Crippen molar-refractivity contribution in [2.75, 3.05) is 26.7 Å². The third-order valence-electron chi connectivity index (χ3n) is 4.77. The Hall–Kier alpha value is -2.62. The first-order valence-electron chi connectivity index (χ1n) is 10.7. The van der Waals surface area contributed by atoms with Crippen LogP contribution in [0.5, 0.6) is 5.75 Å². The van der Waals surface area contributed by atoms with Crippen LogP contribution in [0.15, 0.2) is 47.4 Å². The van der Waals surface area contributed by atoms with Gasteiger partial charge >= 0.3 is 0 Å². The van der Waals surface area contributed by atoms with Crippen molar-refractivity contribution in [1.29, 1.82) is 0 Å². The zero-order chi connectivity index (χ0) is 24.4. The highest BCUT2D eigenvalue weighted by Crippen LogP contribution is 2.26. The largest absolute Gasteiger partial charge is 0.495 e. The fraction of sp³-hybridized carbons (Fsp3) is 0.391. The molecule has 8 nitrogen and oxygen atoms in total. The number of rotatable bonds is 12. The van der Waals surface area contributed by atoms with Crippen LogP contribution in [0.1, 0.15) is 42.6 Å². The number of carbonyl (C=O) groups excluding carboxylic acids is 2. The van der Waals surface area contributed by atoms with Crippen molar-refractivity contribution in [3.05, 3.63) is 58.6 Å². The molecule has 0 unspecified atom stereocenters. The lowest BCUT2D eigenvalue weighted by molar-refractivity contribution is -0.121. The number of nitrogens with zero attached hydrogens (tertiary/aromatic N) is 1. The number of nitrogens with one attached hydrogen (secondary N) is 2. The molecule has 33 heavy (non-hydrogen) atoms. The molecule has 0 bridgehead atoms. The highest BCUT2D eigenvalue weighted by Gasteiger charge is 2.24. The summed E-state index contributed by atoms with van der Waals surface area (Å²) in [6.07, 6.45) is 1.44. The Bertz CT molecular complexity index is 1060. The van der Waals surface area contributed by atoms with Crippen molar-refractivity contribution >= 4 is 33.4 Å². The minimum absolute atomic E-state index is 0.0421. The van der Waals surface area contributed by atoms with E-state index in [1.54, 1.807) is 24.3 Å². The highest BCUT2D eigenvalue weighted by molar-refractivity contribution is 7.89. The number of hydrogen-bond acceptors (Lipinski definition) is 5. The third-order valence-corrected chi connectivity index (χ3v) is 6.44. The summed E-state index contributed by atoms with van der Waals surface area (Å²) in [6.45, 7) is 4.67. The Morgan fingerprint density at radius 2 is 1.76 bits per heavy atom. The number of halogens is 1. The molecule has 0 aliphatic heterocycles. The van der Waals surface area contributed by atoms with Crippen LogP contribution < -0.4 is 14.8 Å². The lowest BCUT2D eigenvalue weighted by atomic mass is 10.2. The van der Waals surface area contributed by atoms with Crippen molar-refractivity contribution in [3.8, 4) is 5.75 Å². The van der Waals surface area contributed by atoms with Crippen LogP contribution in [-0.4, -0.2) is 51.9 Å². The topological polar surface area (TPSA) is 105 Å². The molecule has 10 heteroatoms. The fourth-order valence-corrected chi connectivity index (χ4v) is 4.41. The Labute approximate surface area is 200 Å². The minimum Gasteiger partial charge on any atom is -0.495 e. The predicted molar refractivity (Wildman–Crippen MR) is 128 cm³/mol. The fourth-order valence-electron chi connectivity index (χ4n) is 3.08. The van der Waals surface area contributed by atoms with Gasteiger partial charge in [0.1, 0.15) is 10.6 Å². The van der Waals surface area contributed by atoms with Gasteiger partial charge in [-0.2, -0.15) is 0 Å². The SMILES string of the molecule is CCCNC(=O)CN(CCC)C(=O)c1ccc(OC)c(S(=O)(=O)NCc2ccc(Cl)cc2)c1. The average Bonchev–Trinajstić information content (AvgIpc) is 2.81. The summed E-state index contributed by atoms with van der Waals surface area (Å²) < 4.78 is 33.8. The molecule has 0 saturated heterocycles.